The summed E-state index contributed by atoms with van der Waals surface area (Å²) in [5.41, 5.74) is 1.24. The summed E-state index contributed by atoms with van der Waals surface area (Å²) in [6.07, 6.45) is 8.17. The molecule has 0 saturated carbocycles. The molecule has 0 spiro atoms. The molecule has 2 N–H and O–H groups in total. The van der Waals surface area contributed by atoms with Gasteiger partial charge in [-0.3, -0.25) is 0 Å². The average molecular weight is 233 g/mol. The fourth-order valence-electron chi connectivity index (χ4n) is 1.95. The van der Waals surface area contributed by atoms with Crippen LogP contribution in [0.1, 0.15) is 57.4 Å². The molecule has 17 heavy (non-hydrogen) atoms. The first-order valence-electron chi connectivity index (χ1n) is 6.61. The first-order chi connectivity index (χ1) is 8.25. The van der Waals surface area contributed by atoms with Crippen molar-refractivity contribution in [1.29, 1.82) is 5.41 Å². The van der Waals surface area contributed by atoms with Crippen LogP contribution in [0.15, 0.2) is 24.3 Å². The maximum absolute atomic E-state index is 9.61. The SMILES string of the molecule is CCCCCCCCC(=N)c1ccccc1O. The predicted molar refractivity (Wildman–Crippen MR) is 72.9 cm³/mol. The molecule has 0 amide bonds. The fourth-order valence-corrected chi connectivity index (χ4v) is 1.95. The zero-order chi connectivity index (χ0) is 12.5. The van der Waals surface area contributed by atoms with Gasteiger partial charge in [-0.2, -0.15) is 0 Å². The van der Waals surface area contributed by atoms with Gasteiger partial charge in [0.2, 0.25) is 0 Å². The number of benzene rings is 1. The van der Waals surface area contributed by atoms with Crippen LogP contribution in [0, 0.1) is 5.41 Å². The lowest BCUT2D eigenvalue weighted by atomic mass is 10.0. The first kappa shape index (κ1) is 13.8. The minimum absolute atomic E-state index is 0.225. The maximum Gasteiger partial charge on any atom is 0.124 e. The van der Waals surface area contributed by atoms with E-state index in [0.717, 1.165) is 12.8 Å². The summed E-state index contributed by atoms with van der Waals surface area (Å²) in [5.74, 6) is 0.225. The van der Waals surface area contributed by atoms with E-state index < -0.39 is 0 Å². The van der Waals surface area contributed by atoms with Crippen molar-refractivity contribution >= 4 is 5.71 Å². The Labute approximate surface area is 104 Å². The molecule has 0 aliphatic rings. The molecule has 1 aromatic rings. The molecule has 2 heteroatoms. The first-order valence-corrected chi connectivity index (χ1v) is 6.61. The van der Waals surface area contributed by atoms with Crippen molar-refractivity contribution in [2.75, 3.05) is 0 Å². The highest BCUT2D eigenvalue weighted by Gasteiger charge is 2.05. The number of phenols is 1. The highest BCUT2D eigenvalue weighted by atomic mass is 16.3. The average Bonchev–Trinajstić information content (AvgIpc) is 2.34. The van der Waals surface area contributed by atoms with E-state index in [2.05, 4.69) is 6.92 Å². The van der Waals surface area contributed by atoms with Crippen LogP contribution in [0.3, 0.4) is 0 Å². The Morgan fingerprint density at radius 3 is 2.41 bits per heavy atom. The minimum atomic E-state index is 0.225. The zero-order valence-electron chi connectivity index (χ0n) is 10.7. The predicted octanol–water partition coefficient (Wildman–Crippen LogP) is 4.51. The third-order valence-electron chi connectivity index (χ3n) is 3.01. The number of para-hydroxylation sites is 1. The lowest BCUT2D eigenvalue weighted by Gasteiger charge is -2.06. The molecule has 0 bridgehead atoms. The summed E-state index contributed by atoms with van der Waals surface area (Å²) in [6.45, 7) is 2.22. The molecular formula is C15H23NO. The number of nitrogens with one attached hydrogen (secondary N) is 1. The molecule has 1 rings (SSSR count). The van der Waals surface area contributed by atoms with E-state index in [1.807, 2.05) is 12.1 Å². The van der Waals surface area contributed by atoms with E-state index in [0.29, 0.717) is 11.3 Å². The van der Waals surface area contributed by atoms with Crippen LogP contribution in [0.5, 0.6) is 5.75 Å². The number of unbranched alkanes of at least 4 members (excludes halogenated alkanes) is 5. The Hall–Kier alpha value is -1.31. The van der Waals surface area contributed by atoms with Gasteiger partial charge >= 0.3 is 0 Å². The van der Waals surface area contributed by atoms with Crippen LogP contribution >= 0.6 is 0 Å². The molecule has 0 unspecified atom stereocenters. The van der Waals surface area contributed by atoms with Crippen molar-refractivity contribution in [2.24, 2.45) is 0 Å². The summed E-state index contributed by atoms with van der Waals surface area (Å²) in [7, 11) is 0. The van der Waals surface area contributed by atoms with Crippen LogP contribution < -0.4 is 0 Å². The van der Waals surface area contributed by atoms with Gasteiger partial charge in [-0.15, -0.1) is 0 Å². The van der Waals surface area contributed by atoms with Gasteiger partial charge in [0.1, 0.15) is 5.75 Å². The second-order valence-corrected chi connectivity index (χ2v) is 4.51. The number of hydrogen-bond donors (Lipinski definition) is 2. The quantitative estimate of drug-likeness (QED) is 0.503. The lowest BCUT2D eigenvalue weighted by molar-refractivity contribution is 0.474. The van der Waals surface area contributed by atoms with Gasteiger partial charge in [0, 0.05) is 11.3 Å². The Balaban J connectivity index is 2.24. The highest BCUT2D eigenvalue weighted by molar-refractivity contribution is 6.00. The van der Waals surface area contributed by atoms with Gasteiger partial charge in [0.05, 0.1) is 0 Å². The van der Waals surface area contributed by atoms with E-state index in [-0.39, 0.29) is 5.75 Å². The number of hydrogen-bond acceptors (Lipinski definition) is 2. The van der Waals surface area contributed by atoms with Gasteiger partial charge in [0.15, 0.2) is 0 Å². The van der Waals surface area contributed by atoms with Crippen molar-refractivity contribution in [1.82, 2.24) is 0 Å². The van der Waals surface area contributed by atoms with E-state index in [1.54, 1.807) is 12.1 Å². The standard InChI is InChI=1S/C15H23NO/c1-2-3-4-5-6-7-11-14(16)13-10-8-9-12-15(13)17/h8-10,12,16-17H,2-7,11H2,1H3. The molecular weight excluding hydrogens is 210 g/mol. The molecule has 0 aliphatic heterocycles. The highest BCUT2D eigenvalue weighted by Crippen LogP contribution is 2.18. The monoisotopic (exact) mass is 233 g/mol. The Morgan fingerprint density at radius 2 is 1.71 bits per heavy atom. The van der Waals surface area contributed by atoms with Crippen molar-refractivity contribution < 1.29 is 5.11 Å². The molecule has 0 saturated heterocycles. The second-order valence-electron chi connectivity index (χ2n) is 4.51. The summed E-state index contributed by atoms with van der Waals surface area (Å²) in [4.78, 5) is 0. The maximum atomic E-state index is 9.61. The Bertz CT molecular complexity index is 347. The van der Waals surface area contributed by atoms with Crippen molar-refractivity contribution in [3.05, 3.63) is 29.8 Å². The molecule has 1 aromatic carbocycles. The molecule has 0 heterocycles. The van der Waals surface area contributed by atoms with E-state index in [1.165, 1.54) is 32.1 Å². The van der Waals surface area contributed by atoms with E-state index in [4.69, 9.17) is 5.41 Å². The summed E-state index contributed by atoms with van der Waals surface area (Å²) in [5, 5.41) is 17.5. The summed E-state index contributed by atoms with van der Waals surface area (Å²) >= 11 is 0. The third kappa shape index (κ3) is 5.03. The molecule has 0 aliphatic carbocycles. The molecule has 2 nitrogen and oxygen atoms in total. The van der Waals surface area contributed by atoms with Gasteiger partial charge < -0.3 is 10.5 Å². The van der Waals surface area contributed by atoms with Gasteiger partial charge in [0.25, 0.3) is 0 Å². The molecule has 0 atom stereocenters. The normalized spacial score (nSPS) is 10.4. The summed E-state index contributed by atoms with van der Waals surface area (Å²) < 4.78 is 0. The Kier molecular flexibility index (Phi) is 6.38. The van der Waals surface area contributed by atoms with E-state index >= 15 is 0 Å². The molecule has 0 radical (unpaired) electrons. The summed E-state index contributed by atoms with van der Waals surface area (Å²) in [6, 6.07) is 7.11. The van der Waals surface area contributed by atoms with Crippen molar-refractivity contribution in [3.8, 4) is 5.75 Å². The topological polar surface area (TPSA) is 44.1 Å². The fraction of sp³-hybridized carbons (Fsp3) is 0.533. The van der Waals surface area contributed by atoms with Crippen molar-refractivity contribution in [3.63, 3.8) is 0 Å². The zero-order valence-corrected chi connectivity index (χ0v) is 10.7. The number of phenolic OH excluding ortho intramolecular Hbond substituents is 1. The molecule has 0 fully saturated rings. The Morgan fingerprint density at radius 1 is 1.06 bits per heavy atom. The minimum Gasteiger partial charge on any atom is -0.507 e. The van der Waals surface area contributed by atoms with Gasteiger partial charge in [-0.05, 0) is 25.0 Å². The van der Waals surface area contributed by atoms with Crippen LogP contribution in [0.2, 0.25) is 0 Å². The van der Waals surface area contributed by atoms with Gasteiger partial charge in [-0.1, -0.05) is 51.2 Å². The largest absolute Gasteiger partial charge is 0.507 e. The molecule has 94 valence electrons. The lowest BCUT2D eigenvalue weighted by Crippen LogP contribution is -1.99. The number of rotatable bonds is 8. The smallest absolute Gasteiger partial charge is 0.124 e. The third-order valence-corrected chi connectivity index (χ3v) is 3.01. The van der Waals surface area contributed by atoms with Crippen LogP contribution in [-0.4, -0.2) is 10.8 Å². The molecule has 0 aromatic heterocycles. The van der Waals surface area contributed by atoms with Gasteiger partial charge in [-0.25, -0.2) is 0 Å². The second kappa shape index (κ2) is 7.88. The van der Waals surface area contributed by atoms with Crippen LogP contribution in [0.4, 0.5) is 0 Å². The van der Waals surface area contributed by atoms with E-state index in [9.17, 15) is 5.11 Å². The van der Waals surface area contributed by atoms with Crippen LogP contribution in [0.25, 0.3) is 0 Å². The van der Waals surface area contributed by atoms with Crippen molar-refractivity contribution in [2.45, 2.75) is 51.9 Å². The van der Waals surface area contributed by atoms with Crippen LogP contribution in [-0.2, 0) is 0 Å². The number of aromatic hydroxyl groups is 1.